The first-order valence-electron chi connectivity index (χ1n) is 9.69. The van der Waals surface area contributed by atoms with Crippen LogP contribution in [0, 0.1) is 5.92 Å². The van der Waals surface area contributed by atoms with Gasteiger partial charge in [0.25, 0.3) is 0 Å². The number of hydrogen-bond donors (Lipinski definition) is 0. The van der Waals surface area contributed by atoms with E-state index in [2.05, 4.69) is 4.90 Å². The Morgan fingerprint density at radius 2 is 1.83 bits per heavy atom. The molecule has 0 N–H and O–H groups in total. The second-order valence-electron chi connectivity index (χ2n) is 8.11. The molecule has 2 fully saturated rings. The van der Waals surface area contributed by atoms with E-state index in [1.807, 2.05) is 6.08 Å². The average Bonchev–Trinajstić information content (AvgIpc) is 3.19. The Bertz CT molecular complexity index is 776. The molecule has 3 heterocycles. The predicted octanol–water partition coefficient (Wildman–Crippen LogP) is 0.749. The van der Waals surface area contributed by atoms with Crippen LogP contribution in [0.15, 0.2) is 11.6 Å². The van der Waals surface area contributed by atoms with Crippen molar-refractivity contribution < 1.29 is 38.1 Å². The Labute approximate surface area is 169 Å². The van der Waals surface area contributed by atoms with E-state index in [0.29, 0.717) is 13.0 Å². The zero-order valence-electron chi connectivity index (χ0n) is 17.4. The van der Waals surface area contributed by atoms with Crippen molar-refractivity contribution in [2.45, 2.75) is 64.4 Å². The van der Waals surface area contributed by atoms with Gasteiger partial charge >= 0.3 is 23.9 Å². The molecule has 9 nitrogen and oxygen atoms in total. The van der Waals surface area contributed by atoms with E-state index in [1.165, 1.54) is 20.8 Å². The summed E-state index contributed by atoms with van der Waals surface area (Å²) in [6.45, 7) is 7.85. The van der Waals surface area contributed by atoms with Gasteiger partial charge < -0.3 is 18.9 Å². The molecule has 5 atom stereocenters. The van der Waals surface area contributed by atoms with Gasteiger partial charge in [-0.15, -0.1) is 0 Å². The maximum Gasteiger partial charge on any atom is 0.354 e. The van der Waals surface area contributed by atoms with Gasteiger partial charge in [0.1, 0.15) is 12.7 Å². The summed E-state index contributed by atoms with van der Waals surface area (Å²) in [6, 6.07) is -0.156. The summed E-state index contributed by atoms with van der Waals surface area (Å²) in [5.41, 5.74) is -3.06. The highest BCUT2D eigenvalue weighted by Crippen LogP contribution is 2.41. The van der Waals surface area contributed by atoms with E-state index >= 15 is 0 Å². The summed E-state index contributed by atoms with van der Waals surface area (Å²) in [5.74, 6) is -4.16. The van der Waals surface area contributed by atoms with Crippen LogP contribution in [0.25, 0.3) is 0 Å². The molecule has 3 aliphatic rings. The van der Waals surface area contributed by atoms with Crippen LogP contribution in [0.2, 0.25) is 0 Å². The number of esters is 4. The fraction of sp³-hybridized carbons (Fsp3) is 0.700. The molecule has 0 radical (unpaired) electrons. The molecular weight excluding hydrogens is 382 g/mol. The first-order valence-corrected chi connectivity index (χ1v) is 9.69. The number of rotatable bonds is 2. The second kappa shape index (κ2) is 7.44. The molecule has 2 saturated heterocycles. The molecule has 0 aromatic carbocycles. The minimum absolute atomic E-state index is 0.0323. The Morgan fingerprint density at radius 3 is 2.45 bits per heavy atom. The third-order valence-electron chi connectivity index (χ3n) is 6.27. The number of carbonyl (C=O) groups excluding carboxylic acids is 4. The Kier molecular flexibility index (Phi) is 5.46. The monoisotopic (exact) mass is 409 g/mol. The van der Waals surface area contributed by atoms with Gasteiger partial charge in [0.2, 0.25) is 5.60 Å². The lowest BCUT2D eigenvalue weighted by atomic mass is 9.75. The molecule has 0 amide bonds. The third-order valence-corrected chi connectivity index (χ3v) is 6.27. The molecule has 3 aliphatic heterocycles. The van der Waals surface area contributed by atoms with Gasteiger partial charge in [-0.2, -0.15) is 0 Å². The maximum absolute atomic E-state index is 13.1. The van der Waals surface area contributed by atoms with Crippen LogP contribution in [-0.2, 0) is 38.1 Å². The molecule has 0 aromatic rings. The largest absolute Gasteiger partial charge is 0.460 e. The van der Waals surface area contributed by atoms with Crippen LogP contribution in [0.5, 0.6) is 0 Å². The van der Waals surface area contributed by atoms with E-state index in [1.54, 1.807) is 0 Å². The van der Waals surface area contributed by atoms with Crippen molar-refractivity contribution in [1.82, 2.24) is 4.90 Å². The fourth-order valence-corrected chi connectivity index (χ4v) is 4.42. The van der Waals surface area contributed by atoms with Crippen molar-refractivity contribution >= 4 is 23.9 Å². The van der Waals surface area contributed by atoms with Gasteiger partial charge in [0.05, 0.1) is 12.0 Å². The van der Waals surface area contributed by atoms with E-state index in [0.717, 1.165) is 26.0 Å². The van der Waals surface area contributed by atoms with Crippen molar-refractivity contribution in [3.63, 3.8) is 0 Å². The molecule has 0 aromatic heterocycles. The lowest BCUT2D eigenvalue weighted by Gasteiger charge is -2.44. The molecule has 0 unspecified atom stereocenters. The van der Waals surface area contributed by atoms with Gasteiger partial charge in [-0.1, -0.05) is 6.08 Å². The number of carbonyl (C=O) groups is 4. The summed E-state index contributed by atoms with van der Waals surface area (Å²) in [4.78, 5) is 52.0. The minimum atomic E-state index is -2.05. The number of hydrogen-bond acceptors (Lipinski definition) is 9. The van der Waals surface area contributed by atoms with E-state index in [-0.39, 0.29) is 12.6 Å². The highest BCUT2D eigenvalue weighted by atomic mass is 16.6. The Hall–Kier alpha value is -2.42. The predicted molar refractivity (Wildman–Crippen MR) is 98.4 cm³/mol. The lowest BCUT2D eigenvalue weighted by Crippen LogP contribution is -2.65. The normalized spacial score (nSPS) is 37.6. The van der Waals surface area contributed by atoms with E-state index in [9.17, 15) is 19.2 Å². The molecule has 160 valence electrons. The highest BCUT2D eigenvalue weighted by Gasteiger charge is 2.63. The smallest absolute Gasteiger partial charge is 0.354 e. The first kappa shape index (κ1) is 21.3. The van der Waals surface area contributed by atoms with Crippen LogP contribution in [0.4, 0.5) is 0 Å². The summed E-state index contributed by atoms with van der Waals surface area (Å²) in [5, 5.41) is 0. The molecule has 0 spiro atoms. The number of ether oxygens (including phenoxy) is 4. The third kappa shape index (κ3) is 3.52. The number of cyclic esters (lactones) is 1. The van der Waals surface area contributed by atoms with E-state index < -0.39 is 47.1 Å². The Morgan fingerprint density at radius 1 is 1.17 bits per heavy atom. The zero-order chi connectivity index (χ0) is 21.6. The van der Waals surface area contributed by atoms with Gasteiger partial charge in [0, 0.05) is 26.9 Å². The molecule has 0 bridgehead atoms. The summed E-state index contributed by atoms with van der Waals surface area (Å²) < 4.78 is 22.1. The zero-order valence-corrected chi connectivity index (χ0v) is 17.4. The molecule has 0 saturated carbocycles. The topological polar surface area (TPSA) is 108 Å². The molecule has 9 heteroatoms. The van der Waals surface area contributed by atoms with Gasteiger partial charge in [-0.05, 0) is 32.8 Å². The highest BCUT2D eigenvalue weighted by molar-refractivity contribution is 5.87. The first-order chi connectivity index (χ1) is 13.5. The van der Waals surface area contributed by atoms with Crippen molar-refractivity contribution in [1.29, 1.82) is 0 Å². The second-order valence-corrected chi connectivity index (χ2v) is 8.11. The molecular formula is C20H27NO8. The van der Waals surface area contributed by atoms with Crippen molar-refractivity contribution in [2.75, 3.05) is 19.7 Å². The van der Waals surface area contributed by atoms with Crippen LogP contribution in [0.3, 0.4) is 0 Å². The van der Waals surface area contributed by atoms with Crippen molar-refractivity contribution in [2.24, 2.45) is 5.92 Å². The van der Waals surface area contributed by atoms with Gasteiger partial charge in [-0.25, -0.2) is 4.79 Å². The quantitative estimate of drug-likeness (QED) is 0.371. The molecule has 0 aliphatic carbocycles. The fourth-order valence-electron chi connectivity index (χ4n) is 4.42. The average molecular weight is 409 g/mol. The van der Waals surface area contributed by atoms with E-state index in [4.69, 9.17) is 18.9 Å². The molecule has 29 heavy (non-hydrogen) atoms. The van der Waals surface area contributed by atoms with Crippen LogP contribution in [-0.4, -0.2) is 71.8 Å². The van der Waals surface area contributed by atoms with Crippen LogP contribution in [0.1, 0.15) is 41.0 Å². The lowest BCUT2D eigenvalue weighted by molar-refractivity contribution is -0.228. The van der Waals surface area contributed by atoms with Gasteiger partial charge in [0.15, 0.2) is 5.60 Å². The standard InChI is InChI=1S/C20H27NO8/c1-11-17(24)27-15-7-9-21-8-6-14(16(15)21)10-26-18(25)20(5,29-13(3)23)19(11,4)28-12(2)22/h6,11,15-16H,7-10H2,1-5H3/t11-,15+,16+,19+,20-/m0/s1. The Balaban J connectivity index is 2.08. The minimum Gasteiger partial charge on any atom is -0.460 e. The van der Waals surface area contributed by atoms with Crippen LogP contribution < -0.4 is 0 Å². The maximum atomic E-state index is 13.1. The summed E-state index contributed by atoms with van der Waals surface area (Å²) in [6.07, 6.45) is 2.21. The van der Waals surface area contributed by atoms with Gasteiger partial charge in [-0.3, -0.25) is 19.3 Å². The SMILES string of the molecule is CC(=O)O[C@@]1(C)C(=O)OCC2=CCN3CC[C@@H](OC(=O)[C@H](C)[C@@]1(C)OC(C)=O)[C@@H]23. The van der Waals surface area contributed by atoms with Crippen molar-refractivity contribution in [3.05, 3.63) is 11.6 Å². The summed E-state index contributed by atoms with van der Waals surface area (Å²) in [7, 11) is 0. The molecule has 3 rings (SSSR count). The van der Waals surface area contributed by atoms with Crippen molar-refractivity contribution in [3.8, 4) is 0 Å². The van der Waals surface area contributed by atoms with Crippen LogP contribution >= 0.6 is 0 Å². The summed E-state index contributed by atoms with van der Waals surface area (Å²) >= 11 is 0. The number of nitrogens with zero attached hydrogens (tertiary/aromatic N) is 1.